The molecule has 1 fully saturated rings. The molecule has 0 aliphatic carbocycles. The van der Waals surface area contributed by atoms with Crippen molar-refractivity contribution >= 4 is 27.3 Å². The van der Waals surface area contributed by atoms with Gasteiger partial charge in [0.05, 0.1) is 17.0 Å². The Kier molecular flexibility index (Phi) is 4.05. The smallest absolute Gasteiger partial charge is 0.274 e. The molecule has 0 N–H and O–H groups in total. The number of carbonyl (C=O) groups excluding carboxylic acids is 1. The van der Waals surface area contributed by atoms with Crippen LogP contribution in [0.1, 0.15) is 30.3 Å². The number of amides is 1. The molecule has 1 amide bonds. The van der Waals surface area contributed by atoms with Gasteiger partial charge in [0.1, 0.15) is 0 Å². The van der Waals surface area contributed by atoms with Crippen molar-refractivity contribution in [3.8, 4) is 0 Å². The Hall–Kier alpha value is -1.21. The van der Waals surface area contributed by atoms with Crippen molar-refractivity contribution < 1.29 is 13.2 Å². The number of halogens is 1. The van der Waals surface area contributed by atoms with E-state index in [4.69, 9.17) is 11.6 Å². The van der Waals surface area contributed by atoms with Gasteiger partial charge in [-0.2, -0.15) is 0 Å². The number of hydrogen-bond donors (Lipinski definition) is 0. The number of hydrogen-bond acceptors (Lipinski definition) is 5. The number of carbonyl (C=O) groups is 1. The topological polar surface area (TPSA) is 80.2 Å². The first-order valence-corrected chi connectivity index (χ1v) is 8.03. The number of rotatable bonds is 3. The number of nitrogens with zero attached hydrogens (tertiary/aromatic N) is 3. The Morgan fingerprint density at radius 3 is 2.63 bits per heavy atom. The second-order valence-electron chi connectivity index (χ2n) is 4.25. The minimum Gasteiger partial charge on any atom is -0.337 e. The summed E-state index contributed by atoms with van der Waals surface area (Å²) in [5.74, 6) is -0.455. The summed E-state index contributed by atoms with van der Waals surface area (Å²) in [6, 6.07) is 0. The van der Waals surface area contributed by atoms with Crippen molar-refractivity contribution in [1.29, 1.82) is 0 Å². The summed E-state index contributed by atoms with van der Waals surface area (Å²) in [5.41, 5.74) is -0.0365. The maximum Gasteiger partial charge on any atom is 0.274 e. The Bertz CT molecular complexity index is 597. The van der Waals surface area contributed by atoms with Crippen LogP contribution >= 0.6 is 11.6 Å². The second-order valence-corrected chi connectivity index (χ2v) is 6.83. The van der Waals surface area contributed by atoms with Crippen LogP contribution in [0.15, 0.2) is 11.4 Å². The van der Waals surface area contributed by atoms with Crippen LogP contribution in [-0.4, -0.2) is 48.0 Å². The molecule has 2 heterocycles. The van der Waals surface area contributed by atoms with E-state index in [1.165, 1.54) is 13.1 Å². The van der Waals surface area contributed by atoms with Gasteiger partial charge in [0, 0.05) is 13.1 Å². The van der Waals surface area contributed by atoms with Crippen molar-refractivity contribution in [2.75, 3.05) is 18.8 Å². The van der Waals surface area contributed by atoms with E-state index in [-0.39, 0.29) is 27.5 Å². The molecular weight excluding hydrogens is 290 g/mol. The fraction of sp³-hybridized carbons (Fsp3) is 0.545. The minimum atomic E-state index is -3.55. The molecule has 104 valence electrons. The van der Waals surface area contributed by atoms with Crippen LogP contribution in [0.3, 0.4) is 0 Å². The average molecular weight is 304 g/mol. The van der Waals surface area contributed by atoms with Gasteiger partial charge < -0.3 is 4.90 Å². The standard InChI is InChI=1S/C11H14ClN3O3S/c1-2-19(17,18)11-13-7-8(12)9(14-11)10(16)15-5-3-4-6-15/h7H,2-6H2,1H3. The highest BCUT2D eigenvalue weighted by atomic mass is 35.5. The van der Waals surface area contributed by atoms with Gasteiger partial charge in [-0.15, -0.1) is 0 Å². The van der Waals surface area contributed by atoms with E-state index in [1.807, 2.05) is 0 Å². The fourth-order valence-electron chi connectivity index (χ4n) is 1.85. The van der Waals surface area contributed by atoms with E-state index in [2.05, 4.69) is 9.97 Å². The first-order valence-electron chi connectivity index (χ1n) is 6.00. The van der Waals surface area contributed by atoms with Crippen LogP contribution in [0, 0.1) is 0 Å². The summed E-state index contributed by atoms with van der Waals surface area (Å²) in [6.07, 6.45) is 3.05. The van der Waals surface area contributed by atoms with Gasteiger partial charge in [-0.1, -0.05) is 18.5 Å². The van der Waals surface area contributed by atoms with Crippen molar-refractivity contribution in [2.45, 2.75) is 24.9 Å². The molecule has 0 saturated carbocycles. The summed E-state index contributed by atoms with van der Waals surface area (Å²) in [5, 5.41) is -0.270. The molecule has 0 aromatic carbocycles. The molecule has 8 heteroatoms. The van der Waals surface area contributed by atoms with Crippen molar-refractivity contribution in [3.63, 3.8) is 0 Å². The molecular formula is C11H14ClN3O3S. The van der Waals surface area contributed by atoms with Crippen LogP contribution in [0.25, 0.3) is 0 Å². The van der Waals surface area contributed by atoms with Gasteiger partial charge in [0.15, 0.2) is 5.69 Å². The van der Waals surface area contributed by atoms with Crippen molar-refractivity contribution in [2.24, 2.45) is 0 Å². The largest absolute Gasteiger partial charge is 0.337 e. The molecule has 19 heavy (non-hydrogen) atoms. The summed E-state index contributed by atoms with van der Waals surface area (Å²) < 4.78 is 23.4. The summed E-state index contributed by atoms with van der Waals surface area (Å²) in [6.45, 7) is 2.79. The van der Waals surface area contributed by atoms with Gasteiger partial charge in [-0.25, -0.2) is 18.4 Å². The van der Waals surface area contributed by atoms with E-state index in [1.54, 1.807) is 4.90 Å². The van der Waals surface area contributed by atoms with Crippen molar-refractivity contribution in [1.82, 2.24) is 14.9 Å². The molecule has 2 rings (SSSR count). The maximum atomic E-state index is 12.2. The lowest BCUT2D eigenvalue weighted by atomic mass is 10.3. The Labute approximate surface area is 116 Å². The van der Waals surface area contributed by atoms with Gasteiger partial charge in [0.2, 0.25) is 15.0 Å². The highest BCUT2D eigenvalue weighted by Gasteiger charge is 2.25. The molecule has 1 aliphatic heterocycles. The first kappa shape index (κ1) is 14.2. The van der Waals surface area contributed by atoms with Gasteiger partial charge in [-0.3, -0.25) is 4.79 Å². The van der Waals surface area contributed by atoms with Gasteiger partial charge in [0.25, 0.3) is 5.91 Å². The summed E-state index contributed by atoms with van der Waals surface area (Å²) in [7, 11) is -3.55. The quantitative estimate of drug-likeness (QED) is 0.783. The van der Waals surface area contributed by atoms with Gasteiger partial charge >= 0.3 is 0 Å². The summed E-state index contributed by atoms with van der Waals surface area (Å²) >= 11 is 5.90. The van der Waals surface area contributed by atoms with E-state index in [9.17, 15) is 13.2 Å². The highest BCUT2D eigenvalue weighted by molar-refractivity contribution is 7.91. The molecule has 1 aliphatic rings. The molecule has 1 saturated heterocycles. The summed E-state index contributed by atoms with van der Waals surface area (Å²) in [4.78, 5) is 21.3. The first-order chi connectivity index (χ1) is 8.95. The van der Waals surface area contributed by atoms with E-state index < -0.39 is 9.84 Å². The molecule has 0 radical (unpaired) electrons. The fourth-order valence-corrected chi connectivity index (χ4v) is 2.72. The maximum absolute atomic E-state index is 12.2. The van der Waals surface area contributed by atoms with Crippen LogP contribution < -0.4 is 0 Å². The Balaban J connectivity index is 2.40. The Morgan fingerprint density at radius 2 is 2.05 bits per heavy atom. The van der Waals surface area contributed by atoms with E-state index >= 15 is 0 Å². The molecule has 0 atom stereocenters. The zero-order chi connectivity index (χ0) is 14.0. The number of sulfone groups is 1. The monoisotopic (exact) mass is 303 g/mol. The predicted octanol–water partition coefficient (Wildman–Crippen LogP) is 1.16. The van der Waals surface area contributed by atoms with E-state index in [0.717, 1.165) is 12.8 Å². The zero-order valence-corrected chi connectivity index (χ0v) is 12.0. The normalized spacial score (nSPS) is 15.8. The van der Waals surface area contributed by atoms with Crippen LogP contribution in [0.5, 0.6) is 0 Å². The second kappa shape index (κ2) is 5.42. The van der Waals surface area contributed by atoms with Gasteiger partial charge in [-0.05, 0) is 12.8 Å². The van der Waals surface area contributed by atoms with Crippen LogP contribution in [0.4, 0.5) is 0 Å². The molecule has 1 aromatic rings. The predicted molar refractivity (Wildman–Crippen MR) is 69.9 cm³/mol. The lowest BCUT2D eigenvalue weighted by molar-refractivity contribution is 0.0786. The van der Waals surface area contributed by atoms with Crippen LogP contribution in [0.2, 0.25) is 5.02 Å². The SMILES string of the molecule is CCS(=O)(=O)c1ncc(Cl)c(C(=O)N2CCCC2)n1. The third kappa shape index (κ3) is 2.87. The number of aromatic nitrogens is 2. The zero-order valence-electron chi connectivity index (χ0n) is 10.5. The third-order valence-corrected chi connectivity index (χ3v) is 4.77. The average Bonchev–Trinajstić information content (AvgIpc) is 2.92. The highest BCUT2D eigenvalue weighted by Crippen LogP contribution is 2.19. The molecule has 1 aromatic heterocycles. The number of likely N-dealkylation sites (tertiary alicyclic amines) is 1. The van der Waals surface area contributed by atoms with E-state index in [0.29, 0.717) is 13.1 Å². The molecule has 6 nitrogen and oxygen atoms in total. The minimum absolute atomic E-state index is 0.0365. The molecule has 0 bridgehead atoms. The van der Waals surface area contributed by atoms with Crippen LogP contribution in [-0.2, 0) is 9.84 Å². The third-order valence-electron chi connectivity index (χ3n) is 2.98. The lowest BCUT2D eigenvalue weighted by Gasteiger charge is -2.15. The molecule has 0 spiro atoms. The van der Waals surface area contributed by atoms with Crippen molar-refractivity contribution in [3.05, 3.63) is 16.9 Å². The molecule has 0 unspecified atom stereocenters. The Morgan fingerprint density at radius 1 is 1.42 bits per heavy atom. The lowest BCUT2D eigenvalue weighted by Crippen LogP contribution is -2.29.